The quantitative estimate of drug-likeness (QED) is 0.642. The fraction of sp³-hybridized carbons (Fsp3) is 1.00. The molecular formula is C8H15BFO3. The van der Waals surface area contributed by atoms with Crippen LogP contribution in [0.4, 0.5) is 4.39 Å². The minimum absolute atomic E-state index is 0.00627. The third kappa shape index (κ3) is 2.21. The molecule has 0 bridgehead atoms. The smallest absolute Gasteiger partial charge is 0.150 e. The van der Waals surface area contributed by atoms with Crippen molar-refractivity contribution < 1.29 is 19.0 Å². The summed E-state index contributed by atoms with van der Waals surface area (Å²) >= 11 is 0. The normalized spacial score (nSPS) is 39.4. The zero-order valence-corrected chi connectivity index (χ0v) is 7.94. The molecule has 5 heteroatoms. The van der Waals surface area contributed by atoms with E-state index in [0.717, 1.165) is 0 Å². The van der Waals surface area contributed by atoms with Crippen LogP contribution in [0.2, 0.25) is 6.82 Å². The summed E-state index contributed by atoms with van der Waals surface area (Å²) in [4.78, 5) is 0. The number of hydrogen-bond acceptors (Lipinski definition) is 3. The van der Waals surface area contributed by atoms with Gasteiger partial charge in [-0.1, -0.05) is 6.82 Å². The number of aliphatic hydroxyl groups is 1. The van der Waals surface area contributed by atoms with Gasteiger partial charge in [-0.05, 0) is 6.42 Å². The average Bonchev–Trinajstić information content (AvgIpc) is 2.43. The molecular weight excluding hydrogens is 174 g/mol. The van der Waals surface area contributed by atoms with E-state index < -0.39 is 18.3 Å². The summed E-state index contributed by atoms with van der Waals surface area (Å²) in [6, 6.07) is -0.499. The first kappa shape index (κ1) is 11.0. The van der Waals surface area contributed by atoms with E-state index in [1.807, 2.05) is 0 Å². The van der Waals surface area contributed by atoms with E-state index in [4.69, 9.17) is 14.6 Å². The number of hydrogen-bond donors (Lipinski definition) is 1. The molecule has 1 aliphatic heterocycles. The molecule has 4 atom stereocenters. The van der Waals surface area contributed by atoms with E-state index in [2.05, 4.69) is 0 Å². The van der Waals surface area contributed by atoms with E-state index in [1.165, 1.54) is 7.11 Å². The Bertz CT molecular complexity index is 158. The monoisotopic (exact) mass is 189 g/mol. The first-order valence-electron chi connectivity index (χ1n) is 4.47. The standard InChI is InChI=1S/C8H15BFO3/c1-9-8-6(10)7(12-2)5(13-8)3-4-11/h5-8,11H,3-4H2,1-2H3/t5-,6-,7?,8-/m1/s1. The van der Waals surface area contributed by atoms with Crippen molar-refractivity contribution in [3.05, 3.63) is 0 Å². The van der Waals surface area contributed by atoms with Gasteiger partial charge in [0.05, 0.1) is 12.1 Å². The first-order valence-corrected chi connectivity index (χ1v) is 4.47. The van der Waals surface area contributed by atoms with E-state index in [0.29, 0.717) is 6.42 Å². The van der Waals surface area contributed by atoms with Crippen LogP contribution in [0.3, 0.4) is 0 Å². The van der Waals surface area contributed by atoms with Crippen LogP contribution in [0.5, 0.6) is 0 Å². The number of halogens is 1. The lowest BCUT2D eigenvalue weighted by atomic mass is 9.72. The molecule has 0 aromatic carbocycles. The van der Waals surface area contributed by atoms with E-state index in [9.17, 15) is 4.39 Å². The SMILES string of the molecule is C[B][C@@H]1O[C@H](CCO)C(OC)[C@H]1F. The Kier molecular flexibility index (Phi) is 4.16. The fourth-order valence-corrected chi connectivity index (χ4v) is 1.65. The first-order chi connectivity index (χ1) is 6.24. The molecule has 0 saturated carbocycles. The molecule has 1 heterocycles. The van der Waals surface area contributed by atoms with Gasteiger partial charge in [-0.15, -0.1) is 0 Å². The van der Waals surface area contributed by atoms with E-state index in [-0.39, 0.29) is 12.7 Å². The number of rotatable bonds is 4. The van der Waals surface area contributed by atoms with Crippen molar-refractivity contribution in [2.24, 2.45) is 0 Å². The highest BCUT2D eigenvalue weighted by molar-refractivity contribution is 6.35. The Morgan fingerprint density at radius 2 is 2.31 bits per heavy atom. The largest absolute Gasteiger partial charge is 0.396 e. The Morgan fingerprint density at radius 1 is 1.62 bits per heavy atom. The lowest BCUT2D eigenvalue weighted by molar-refractivity contribution is -0.00862. The van der Waals surface area contributed by atoms with E-state index in [1.54, 1.807) is 14.1 Å². The predicted octanol–water partition coefficient (Wildman–Crippen LogP) is 0.199. The Balaban J connectivity index is 2.55. The van der Waals surface area contributed by atoms with Crippen molar-refractivity contribution in [3.63, 3.8) is 0 Å². The van der Waals surface area contributed by atoms with Crippen LogP contribution in [0.15, 0.2) is 0 Å². The van der Waals surface area contributed by atoms with Crippen molar-refractivity contribution >= 4 is 7.28 Å². The van der Waals surface area contributed by atoms with Gasteiger partial charge in [-0.25, -0.2) is 4.39 Å². The molecule has 1 N–H and O–H groups in total. The number of ether oxygens (including phenoxy) is 2. The zero-order valence-electron chi connectivity index (χ0n) is 7.94. The minimum Gasteiger partial charge on any atom is -0.396 e. The highest BCUT2D eigenvalue weighted by atomic mass is 19.1. The molecule has 0 amide bonds. The number of aliphatic hydroxyl groups excluding tert-OH is 1. The van der Waals surface area contributed by atoms with Crippen LogP contribution in [0, 0.1) is 0 Å². The molecule has 1 radical (unpaired) electrons. The zero-order chi connectivity index (χ0) is 9.84. The van der Waals surface area contributed by atoms with Gasteiger partial charge < -0.3 is 14.6 Å². The molecule has 3 nitrogen and oxygen atoms in total. The van der Waals surface area contributed by atoms with Crippen molar-refractivity contribution in [1.29, 1.82) is 0 Å². The topological polar surface area (TPSA) is 38.7 Å². The van der Waals surface area contributed by atoms with Crippen LogP contribution in [0.25, 0.3) is 0 Å². The van der Waals surface area contributed by atoms with Crippen molar-refractivity contribution in [2.45, 2.75) is 37.6 Å². The van der Waals surface area contributed by atoms with Crippen LogP contribution in [-0.2, 0) is 9.47 Å². The summed E-state index contributed by atoms with van der Waals surface area (Å²) in [5, 5.41) is 8.72. The summed E-state index contributed by atoms with van der Waals surface area (Å²) in [7, 11) is 3.14. The second kappa shape index (κ2) is 4.93. The van der Waals surface area contributed by atoms with Gasteiger partial charge in [0.15, 0.2) is 0 Å². The number of alkyl halides is 1. The third-order valence-electron chi connectivity index (χ3n) is 2.34. The third-order valence-corrected chi connectivity index (χ3v) is 2.34. The van der Waals surface area contributed by atoms with Crippen LogP contribution in [-0.4, -0.2) is 50.5 Å². The fourth-order valence-electron chi connectivity index (χ4n) is 1.65. The molecule has 75 valence electrons. The summed E-state index contributed by atoms with van der Waals surface area (Å²) in [6.07, 6.45) is -1.57. The molecule has 13 heavy (non-hydrogen) atoms. The van der Waals surface area contributed by atoms with Gasteiger partial charge in [0.25, 0.3) is 0 Å². The molecule has 1 aliphatic rings. The highest BCUT2D eigenvalue weighted by Gasteiger charge is 2.43. The van der Waals surface area contributed by atoms with Gasteiger partial charge in [-0.2, -0.15) is 0 Å². The van der Waals surface area contributed by atoms with E-state index >= 15 is 0 Å². The minimum atomic E-state index is -1.12. The van der Waals surface area contributed by atoms with Crippen molar-refractivity contribution in [1.82, 2.24) is 0 Å². The maximum Gasteiger partial charge on any atom is 0.150 e. The lowest BCUT2D eigenvalue weighted by Crippen LogP contribution is -2.32. The maximum absolute atomic E-state index is 13.5. The molecule has 0 aromatic heterocycles. The molecule has 0 spiro atoms. The Hall–Kier alpha value is -0.125. The molecule has 0 aliphatic carbocycles. The summed E-state index contributed by atoms with van der Waals surface area (Å²) in [6.45, 7) is 1.75. The van der Waals surface area contributed by atoms with Gasteiger partial charge in [0.2, 0.25) is 0 Å². The average molecular weight is 189 g/mol. The van der Waals surface area contributed by atoms with Gasteiger partial charge in [0, 0.05) is 13.7 Å². The Labute approximate surface area is 78.5 Å². The summed E-state index contributed by atoms with van der Waals surface area (Å²) in [5.74, 6) is 0. The molecule has 1 unspecified atom stereocenters. The van der Waals surface area contributed by atoms with Crippen LogP contribution >= 0.6 is 0 Å². The number of methoxy groups -OCH3 is 1. The van der Waals surface area contributed by atoms with Crippen molar-refractivity contribution in [2.75, 3.05) is 13.7 Å². The van der Waals surface area contributed by atoms with Crippen LogP contribution < -0.4 is 0 Å². The second-order valence-electron chi connectivity index (χ2n) is 3.13. The van der Waals surface area contributed by atoms with Gasteiger partial charge in [0.1, 0.15) is 19.6 Å². The lowest BCUT2D eigenvalue weighted by Gasteiger charge is -2.16. The molecule has 1 fully saturated rings. The van der Waals surface area contributed by atoms with Crippen molar-refractivity contribution in [3.8, 4) is 0 Å². The second-order valence-corrected chi connectivity index (χ2v) is 3.13. The van der Waals surface area contributed by atoms with Gasteiger partial charge in [-0.3, -0.25) is 0 Å². The Morgan fingerprint density at radius 3 is 2.77 bits per heavy atom. The van der Waals surface area contributed by atoms with Gasteiger partial charge >= 0.3 is 0 Å². The molecule has 0 aromatic rings. The summed E-state index contributed by atoms with van der Waals surface area (Å²) in [5.41, 5.74) is 0. The van der Waals surface area contributed by atoms with Crippen LogP contribution in [0.1, 0.15) is 6.42 Å². The highest BCUT2D eigenvalue weighted by Crippen LogP contribution is 2.27. The maximum atomic E-state index is 13.5. The predicted molar refractivity (Wildman–Crippen MR) is 47.7 cm³/mol. The molecule has 1 saturated heterocycles. The molecule has 1 rings (SSSR count). The summed E-state index contributed by atoms with van der Waals surface area (Å²) < 4.78 is 23.8.